The zero-order valence-electron chi connectivity index (χ0n) is 14.8. The number of pyridine rings is 1. The summed E-state index contributed by atoms with van der Waals surface area (Å²) in [5.41, 5.74) is 7.94. The number of fused-ring (bicyclic) bond motifs is 1. The number of nitrogens with two attached hydrogens (primary N) is 1. The van der Waals surface area contributed by atoms with E-state index in [1.165, 1.54) is 11.6 Å². The van der Waals surface area contributed by atoms with Crippen LogP contribution in [0, 0.1) is 6.07 Å². The molecule has 1 aromatic carbocycles. The van der Waals surface area contributed by atoms with Gasteiger partial charge in [0.2, 0.25) is 0 Å². The first-order valence-electron chi connectivity index (χ1n) is 8.97. The lowest BCUT2D eigenvalue weighted by molar-refractivity contribution is 0.0792. The fourth-order valence-corrected chi connectivity index (χ4v) is 3.52. The average molecular weight is 365 g/mol. The molecule has 0 saturated carbocycles. The van der Waals surface area contributed by atoms with Crippen molar-refractivity contribution in [1.82, 2.24) is 14.9 Å². The molecule has 7 heteroatoms. The van der Waals surface area contributed by atoms with Crippen LogP contribution >= 0.6 is 0 Å². The second-order valence-electron chi connectivity index (χ2n) is 7.01. The third-order valence-corrected chi connectivity index (χ3v) is 5.03. The van der Waals surface area contributed by atoms with Crippen molar-refractivity contribution in [2.24, 2.45) is 5.73 Å². The van der Waals surface area contributed by atoms with E-state index in [9.17, 15) is 14.7 Å². The van der Waals surface area contributed by atoms with Crippen molar-refractivity contribution in [3.8, 4) is 11.3 Å². The van der Waals surface area contributed by atoms with Gasteiger partial charge >= 0.3 is 0 Å². The zero-order valence-corrected chi connectivity index (χ0v) is 14.8. The van der Waals surface area contributed by atoms with E-state index in [-0.39, 0.29) is 17.4 Å². The van der Waals surface area contributed by atoms with E-state index in [1.54, 1.807) is 0 Å². The van der Waals surface area contributed by atoms with Crippen LogP contribution in [-0.2, 0) is 6.54 Å². The molecule has 1 aliphatic heterocycles. The van der Waals surface area contributed by atoms with Crippen LogP contribution in [-0.4, -0.2) is 45.1 Å². The van der Waals surface area contributed by atoms with Gasteiger partial charge in [0.05, 0.1) is 17.4 Å². The van der Waals surface area contributed by atoms with E-state index in [4.69, 9.17) is 5.73 Å². The number of aromatic nitrogens is 2. The average Bonchev–Trinajstić information content (AvgIpc) is 3.06. The maximum Gasteiger partial charge on any atom is 0.265 e. The number of carbonyl (C=O) groups excluding carboxylic acids is 1. The normalized spacial score (nSPS) is 16.0. The number of rotatable bonds is 4. The van der Waals surface area contributed by atoms with E-state index < -0.39 is 5.91 Å². The van der Waals surface area contributed by atoms with Gasteiger partial charge in [-0.25, -0.2) is 0 Å². The van der Waals surface area contributed by atoms with E-state index in [0.717, 1.165) is 43.4 Å². The molecule has 1 amide bonds. The standard InChI is InChI=1S/C20H21N4O3/c21-19(26)17-4-2-15(20(27)23-17)18-10-13-9-12(1-3-16(13)22-18)11-24-7-5-14(25)6-8-24/h1-3,9-10,14,22,25H,5-8,11H2,(H2,21,26)(H,23,27). The van der Waals surface area contributed by atoms with E-state index in [2.05, 4.69) is 33.1 Å². The molecule has 3 aromatic rings. The van der Waals surface area contributed by atoms with Crippen LogP contribution in [0.5, 0.6) is 0 Å². The van der Waals surface area contributed by atoms with Gasteiger partial charge in [-0.2, -0.15) is 0 Å². The number of hydrogen-bond acceptors (Lipinski definition) is 4. The van der Waals surface area contributed by atoms with Gasteiger partial charge < -0.3 is 20.8 Å². The molecule has 1 saturated heterocycles. The Morgan fingerprint density at radius 3 is 2.74 bits per heavy atom. The summed E-state index contributed by atoms with van der Waals surface area (Å²) in [5, 5.41) is 10.6. The molecule has 3 heterocycles. The van der Waals surface area contributed by atoms with E-state index in [0.29, 0.717) is 11.3 Å². The predicted molar refractivity (Wildman–Crippen MR) is 102 cm³/mol. The smallest absolute Gasteiger partial charge is 0.265 e. The monoisotopic (exact) mass is 365 g/mol. The summed E-state index contributed by atoms with van der Waals surface area (Å²) in [7, 11) is 0. The highest BCUT2D eigenvalue weighted by atomic mass is 16.3. The largest absolute Gasteiger partial charge is 0.393 e. The Hall–Kier alpha value is -2.90. The molecule has 5 N–H and O–H groups in total. The number of nitrogens with one attached hydrogen (secondary N) is 2. The fraction of sp³-hybridized carbons (Fsp3) is 0.300. The number of primary amides is 1. The molecule has 2 aromatic heterocycles. The summed E-state index contributed by atoms with van der Waals surface area (Å²) in [4.78, 5) is 31.4. The van der Waals surface area contributed by atoms with E-state index in [1.807, 2.05) is 12.1 Å². The molecule has 0 bridgehead atoms. The fourth-order valence-electron chi connectivity index (χ4n) is 3.52. The number of aliphatic hydroxyl groups is 1. The molecule has 1 fully saturated rings. The molecule has 0 unspecified atom stereocenters. The number of piperidine rings is 1. The summed E-state index contributed by atoms with van der Waals surface area (Å²) in [6, 6.07) is 12.3. The number of benzene rings is 1. The van der Waals surface area contributed by atoms with Crippen LogP contribution in [0.3, 0.4) is 0 Å². The number of aromatic amines is 2. The molecule has 4 rings (SSSR count). The molecule has 1 radical (unpaired) electrons. The Balaban J connectivity index is 1.59. The lowest BCUT2D eigenvalue weighted by Crippen LogP contribution is -2.35. The van der Waals surface area contributed by atoms with Crippen LogP contribution in [0.4, 0.5) is 0 Å². The van der Waals surface area contributed by atoms with Crippen molar-refractivity contribution in [2.75, 3.05) is 13.1 Å². The number of amides is 1. The lowest BCUT2D eigenvalue weighted by Gasteiger charge is -2.29. The van der Waals surface area contributed by atoms with Crippen molar-refractivity contribution >= 4 is 16.8 Å². The maximum absolute atomic E-state index is 12.2. The van der Waals surface area contributed by atoms with Crippen LogP contribution in [0.15, 0.2) is 35.1 Å². The molecule has 0 spiro atoms. The summed E-state index contributed by atoms with van der Waals surface area (Å²) >= 11 is 0. The molecule has 139 valence electrons. The summed E-state index contributed by atoms with van der Waals surface area (Å²) in [6.07, 6.45) is 1.46. The molecular formula is C20H21N4O3. The summed E-state index contributed by atoms with van der Waals surface area (Å²) < 4.78 is 0. The Bertz CT molecular complexity index is 1040. The van der Waals surface area contributed by atoms with Crippen molar-refractivity contribution in [2.45, 2.75) is 25.5 Å². The van der Waals surface area contributed by atoms with Gasteiger partial charge in [-0.1, -0.05) is 6.07 Å². The van der Waals surface area contributed by atoms with Gasteiger partial charge in [-0.15, -0.1) is 0 Å². The second-order valence-corrected chi connectivity index (χ2v) is 7.01. The lowest BCUT2D eigenvalue weighted by atomic mass is 10.1. The van der Waals surface area contributed by atoms with E-state index >= 15 is 0 Å². The maximum atomic E-state index is 12.2. The van der Waals surface area contributed by atoms with Crippen molar-refractivity contribution in [3.63, 3.8) is 0 Å². The number of hydrogen-bond donors (Lipinski definition) is 4. The molecule has 7 nitrogen and oxygen atoms in total. The number of aliphatic hydroxyl groups excluding tert-OH is 1. The minimum absolute atomic E-state index is 0.0335. The highest BCUT2D eigenvalue weighted by molar-refractivity contribution is 5.91. The Labute approximate surface area is 155 Å². The highest BCUT2D eigenvalue weighted by Crippen LogP contribution is 2.24. The van der Waals surface area contributed by atoms with Gasteiger partial charge in [-0.3, -0.25) is 14.5 Å². The topological polar surface area (TPSA) is 115 Å². The van der Waals surface area contributed by atoms with Gasteiger partial charge in [0.25, 0.3) is 11.5 Å². The first-order chi connectivity index (χ1) is 13.0. The van der Waals surface area contributed by atoms with Gasteiger partial charge in [-0.05, 0) is 42.7 Å². The van der Waals surface area contributed by atoms with Crippen molar-refractivity contribution < 1.29 is 9.90 Å². The van der Waals surface area contributed by atoms with Crippen LogP contribution < -0.4 is 11.3 Å². The van der Waals surface area contributed by atoms with Gasteiger partial charge in [0, 0.05) is 36.6 Å². The number of likely N-dealkylation sites (tertiary alicyclic amines) is 1. The van der Waals surface area contributed by atoms with Gasteiger partial charge in [0.15, 0.2) is 0 Å². The molecular weight excluding hydrogens is 344 g/mol. The molecule has 27 heavy (non-hydrogen) atoms. The number of nitrogens with zero attached hydrogens (tertiary/aromatic N) is 1. The van der Waals surface area contributed by atoms with Crippen molar-refractivity contribution in [1.29, 1.82) is 0 Å². The minimum Gasteiger partial charge on any atom is -0.393 e. The third-order valence-electron chi connectivity index (χ3n) is 5.03. The van der Waals surface area contributed by atoms with Crippen LogP contribution in [0.1, 0.15) is 28.9 Å². The third kappa shape index (κ3) is 3.65. The van der Waals surface area contributed by atoms with Crippen LogP contribution in [0.2, 0.25) is 0 Å². The van der Waals surface area contributed by atoms with Crippen LogP contribution in [0.25, 0.3) is 22.2 Å². The minimum atomic E-state index is -0.717. The highest BCUT2D eigenvalue weighted by Gasteiger charge is 2.17. The molecule has 0 atom stereocenters. The Morgan fingerprint density at radius 1 is 1.26 bits per heavy atom. The first kappa shape index (κ1) is 17.5. The second kappa shape index (κ2) is 7.02. The first-order valence-corrected chi connectivity index (χ1v) is 8.97. The molecule has 0 aliphatic carbocycles. The Morgan fingerprint density at radius 2 is 2.04 bits per heavy atom. The van der Waals surface area contributed by atoms with Gasteiger partial charge in [0.1, 0.15) is 5.69 Å². The quantitative estimate of drug-likeness (QED) is 0.559. The van der Waals surface area contributed by atoms with Crippen molar-refractivity contribution in [3.05, 3.63) is 58.0 Å². The molecule has 1 aliphatic rings. The zero-order chi connectivity index (χ0) is 19.0. The number of H-pyrrole nitrogens is 2. The number of carbonyl (C=O) groups is 1. The predicted octanol–water partition coefficient (Wildman–Crippen LogP) is 1.38. The SMILES string of the molecule is NC(=O)c1[c]cc(-c2cc3cc(CN4CCC(O)CC4)ccc3[nH]2)c(=O)[nH]1. The summed E-state index contributed by atoms with van der Waals surface area (Å²) in [5.74, 6) is -0.717. The Kier molecular flexibility index (Phi) is 4.55. The summed E-state index contributed by atoms with van der Waals surface area (Å²) in [6.45, 7) is 2.63.